The number of halogens is 1. The number of anilines is 1. The molecular weight excluding hydrogens is 479 g/mol. The summed E-state index contributed by atoms with van der Waals surface area (Å²) in [6.45, 7) is 8.54. The fourth-order valence-corrected chi connectivity index (χ4v) is 3.25. The first-order chi connectivity index (χ1) is 13.6. The maximum absolute atomic E-state index is 12.2. The van der Waals surface area contributed by atoms with Crippen molar-refractivity contribution in [3.8, 4) is 0 Å². The molecule has 1 aliphatic rings. The van der Waals surface area contributed by atoms with E-state index in [1.54, 1.807) is 0 Å². The zero-order valence-corrected chi connectivity index (χ0v) is 20.3. The van der Waals surface area contributed by atoms with Gasteiger partial charge in [-0.05, 0) is 50.8 Å². The van der Waals surface area contributed by atoms with Crippen molar-refractivity contribution < 1.29 is 9.53 Å². The summed E-state index contributed by atoms with van der Waals surface area (Å²) < 4.78 is 5.44. The predicted octanol–water partition coefficient (Wildman–Crippen LogP) is 4.45. The number of amides is 1. The van der Waals surface area contributed by atoms with Crippen molar-refractivity contribution in [3.05, 3.63) is 29.8 Å². The summed E-state index contributed by atoms with van der Waals surface area (Å²) in [6, 6.07) is 8.24. The molecule has 29 heavy (non-hydrogen) atoms. The van der Waals surface area contributed by atoms with Crippen molar-refractivity contribution in [2.24, 2.45) is 4.99 Å². The number of rotatable bonds is 10. The van der Waals surface area contributed by atoms with E-state index in [2.05, 4.69) is 36.7 Å². The largest absolute Gasteiger partial charge is 0.368 e. The SMILES string of the molecule is CCCCCC(C)NC(=NCc1cccc(NC(=O)C2CCCO2)c1)NCC.I. The second-order valence-electron chi connectivity index (χ2n) is 7.43. The minimum atomic E-state index is -0.319. The molecule has 0 bridgehead atoms. The van der Waals surface area contributed by atoms with Crippen LogP contribution in [0.1, 0.15) is 64.9 Å². The maximum atomic E-state index is 12.2. The first-order valence-electron chi connectivity index (χ1n) is 10.7. The second-order valence-corrected chi connectivity index (χ2v) is 7.43. The van der Waals surface area contributed by atoms with Gasteiger partial charge in [-0.25, -0.2) is 4.99 Å². The van der Waals surface area contributed by atoms with Crippen LogP contribution in [0.3, 0.4) is 0 Å². The number of nitrogens with zero attached hydrogens (tertiary/aromatic N) is 1. The first-order valence-corrected chi connectivity index (χ1v) is 10.7. The third-order valence-electron chi connectivity index (χ3n) is 4.80. The fourth-order valence-electron chi connectivity index (χ4n) is 3.25. The Bertz CT molecular complexity index is 633. The van der Waals surface area contributed by atoms with E-state index < -0.39 is 0 Å². The minimum Gasteiger partial charge on any atom is -0.368 e. The molecule has 6 nitrogen and oxygen atoms in total. The van der Waals surface area contributed by atoms with Gasteiger partial charge in [0.15, 0.2) is 5.96 Å². The monoisotopic (exact) mass is 516 g/mol. The quantitative estimate of drug-likeness (QED) is 0.186. The van der Waals surface area contributed by atoms with E-state index in [0.717, 1.165) is 43.0 Å². The topological polar surface area (TPSA) is 74.8 Å². The van der Waals surface area contributed by atoms with Crippen LogP contribution in [0.4, 0.5) is 5.69 Å². The molecule has 0 spiro atoms. The van der Waals surface area contributed by atoms with Gasteiger partial charge in [-0.3, -0.25) is 4.79 Å². The van der Waals surface area contributed by atoms with Crippen molar-refractivity contribution in [1.82, 2.24) is 10.6 Å². The van der Waals surface area contributed by atoms with Crippen LogP contribution in [0.2, 0.25) is 0 Å². The molecule has 0 aliphatic carbocycles. The molecule has 7 heteroatoms. The molecule has 164 valence electrons. The van der Waals surface area contributed by atoms with Crippen LogP contribution in [0, 0.1) is 0 Å². The van der Waals surface area contributed by atoms with Crippen LogP contribution in [-0.2, 0) is 16.1 Å². The Hall–Kier alpha value is -1.35. The Morgan fingerprint density at radius 3 is 2.83 bits per heavy atom. The number of guanidine groups is 1. The molecule has 2 rings (SSSR count). The zero-order valence-electron chi connectivity index (χ0n) is 18.0. The number of carbonyl (C=O) groups is 1. The van der Waals surface area contributed by atoms with Gasteiger partial charge in [0.25, 0.3) is 5.91 Å². The van der Waals surface area contributed by atoms with Gasteiger partial charge in [-0.1, -0.05) is 38.3 Å². The van der Waals surface area contributed by atoms with Gasteiger partial charge in [0.1, 0.15) is 6.10 Å². The van der Waals surface area contributed by atoms with Gasteiger partial charge in [-0.15, -0.1) is 24.0 Å². The third kappa shape index (κ3) is 9.80. The lowest BCUT2D eigenvalue weighted by Gasteiger charge is -2.17. The van der Waals surface area contributed by atoms with Gasteiger partial charge >= 0.3 is 0 Å². The second kappa shape index (κ2) is 14.6. The van der Waals surface area contributed by atoms with Crippen LogP contribution in [0.5, 0.6) is 0 Å². The van der Waals surface area contributed by atoms with E-state index in [9.17, 15) is 4.79 Å². The van der Waals surface area contributed by atoms with E-state index in [1.807, 2.05) is 24.3 Å². The lowest BCUT2D eigenvalue weighted by molar-refractivity contribution is -0.124. The molecule has 1 aromatic carbocycles. The molecule has 0 aromatic heterocycles. The standard InChI is InChI=1S/C22H36N4O2.HI/c1-4-6-7-10-17(3)25-22(23-5-2)24-16-18-11-8-12-19(15-18)26-21(27)20-13-9-14-28-20;/h8,11-12,15,17,20H,4-7,9-10,13-14,16H2,1-3H3,(H,26,27)(H2,23,24,25);1H. The average Bonchev–Trinajstić information content (AvgIpc) is 3.22. The molecule has 3 N–H and O–H groups in total. The van der Waals surface area contributed by atoms with E-state index in [4.69, 9.17) is 9.73 Å². The molecule has 1 fully saturated rings. The summed E-state index contributed by atoms with van der Waals surface area (Å²) in [6.07, 6.45) is 6.30. The highest BCUT2D eigenvalue weighted by atomic mass is 127. The fraction of sp³-hybridized carbons (Fsp3) is 0.636. The van der Waals surface area contributed by atoms with Crippen molar-refractivity contribution in [2.75, 3.05) is 18.5 Å². The van der Waals surface area contributed by atoms with E-state index in [-0.39, 0.29) is 36.0 Å². The maximum Gasteiger partial charge on any atom is 0.253 e. The molecule has 1 aromatic rings. The summed E-state index contributed by atoms with van der Waals surface area (Å²) in [4.78, 5) is 16.9. The first kappa shape index (κ1) is 25.7. The Kier molecular flexibility index (Phi) is 12.9. The Balaban J connectivity index is 0.00000420. The molecular formula is C22H37IN4O2. The molecule has 0 saturated carbocycles. The summed E-state index contributed by atoms with van der Waals surface area (Å²) >= 11 is 0. The predicted molar refractivity (Wildman–Crippen MR) is 131 cm³/mol. The number of aliphatic imine (C=N–C) groups is 1. The summed E-state index contributed by atoms with van der Waals surface area (Å²) in [5.41, 5.74) is 1.85. The van der Waals surface area contributed by atoms with Gasteiger partial charge < -0.3 is 20.7 Å². The lowest BCUT2D eigenvalue weighted by Crippen LogP contribution is -2.42. The lowest BCUT2D eigenvalue weighted by atomic mass is 10.1. The molecule has 1 amide bonds. The van der Waals surface area contributed by atoms with Crippen molar-refractivity contribution in [3.63, 3.8) is 0 Å². The zero-order chi connectivity index (χ0) is 20.2. The smallest absolute Gasteiger partial charge is 0.253 e. The van der Waals surface area contributed by atoms with Crippen LogP contribution < -0.4 is 16.0 Å². The van der Waals surface area contributed by atoms with Crippen LogP contribution >= 0.6 is 24.0 Å². The molecule has 1 aliphatic heterocycles. The number of benzene rings is 1. The van der Waals surface area contributed by atoms with Gasteiger partial charge in [-0.2, -0.15) is 0 Å². The number of ether oxygens (including phenoxy) is 1. The molecule has 0 radical (unpaired) electrons. The summed E-state index contributed by atoms with van der Waals surface area (Å²) in [5, 5.41) is 9.75. The Labute approximate surface area is 192 Å². The molecule has 2 unspecified atom stereocenters. The molecule has 2 atom stereocenters. The van der Waals surface area contributed by atoms with Gasteiger partial charge in [0.05, 0.1) is 6.54 Å². The summed E-state index contributed by atoms with van der Waals surface area (Å²) in [5.74, 6) is 0.773. The van der Waals surface area contributed by atoms with E-state index in [1.165, 1.54) is 19.3 Å². The Morgan fingerprint density at radius 2 is 2.14 bits per heavy atom. The molecule has 1 saturated heterocycles. The average molecular weight is 516 g/mol. The van der Waals surface area contributed by atoms with Crippen molar-refractivity contribution in [2.45, 2.75) is 78.0 Å². The number of carbonyl (C=O) groups excluding carboxylic acids is 1. The van der Waals surface area contributed by atoms with Crippen LogP contribution in [-0.4, -0.2) is 37.2 Å². The third-order valence-corrected chi connectivity index (χ3v) is 4.80. The molecule has 1 heterocycles. The minimum absolute atomic E-state index is 0. The number of unbranched alkanes of at least 4 members (excludes halogenated alkanes) is 2. The Morgan fingerprint density at radius 1 is 1.31 bits per heavy atom. The highest BCUT2D eigenvalue weighted by Crippen LogP contribution is 2.16. The van der Waals surface area contributed by atoms with Crippen LogP contribution in [0.25, 0.3) is 0 Å². The van der Waals surface area contributed by atoms with Gasteiger partial charge in [0, 0.05) is 24.9 Å². The summed E-state index contributed by atoms with van der Waals surface area (Å²) in [7, 11) is 0. The van der Waals surface area contributed by atoms with E-state index >= 15 is 0 Å². The number of hydrogen-bond acceptors (Lipinski definition) is 3. The highest BCUT2D eigenvalue weighted by Gasteiger charge is 2.23. The highest BCUT2D eigenvalue weighted by molar-refractivity contribution is 14.0. The van der Waals surface area contributed by atoms with Crippen molar-refractivity contribution >= 4 is 41.5 Å². The normalized spacial score (nSPS) is 17.3. The van der Waals surface area contributed by atoms with Crippen molar-refractivity contribution in [1.29, 1.82) is 0 Å². The van der Waals surface area contributed by atoms with Gasteiger partial charge in [0.2, 0.25) is 0 Å². The number of hydrogen-bond donors (Lipinski definition) is 3. The number of nitrogens with one attached hydrogen (secondary N) is 3. The van der Waals surface area contributed by atoms with E-state index in [0.29, 0.717) is 19.2 Å². The van der Waals surface area contributed by atoms with Crippen LogP contribution in [0.15, 0.2) is 29.3 Å².